The number of rotatable bonds is 3. The summed E-state index contributed by atoms with van der Waals surface area (Å²) in [6.07, 6.45) is 0. The molecule has 0 atom stereocenters. The van der Waals surface area contributed by atoms with Gasteiger partial charge < -0.3 is 9.15 Å². The average molecular weight is 194 g/mol. The van der Waals surface area contributed by atoms with Gasteiger partial charge in [0.2, 0.25) is 0 Å². The number of halogens is 1. The predicted molar refractivity (Wildman–Crippen MR) is 51.5 cm³/mol. The van der Waals surface area contributed by atoms with Crippen LogP contribution in [-0.2, 0) is 11.3 Å². The van der Waals surface area contributed by atoms with Gasteiger partial charge in [-0.25, -0.2) is 4.39 Å². The second-order valence-electron chi connectivity index (χ2n) is 3.03. The lowest BCUT2D eigenvalue weighted by atomic mass is 10.2. The number of fused-ring (bicyclic) bond motifs is 1. The van der Waals surface area contributed by atoms with E-state index in [1.807, 2.05) is 6.92 Å². The molecule has 14 heavy (non-hydrogen) atoms. The third-order valence-corrected chi connectivity index (χ3v) is 1.98. The Morgan fingerprint density at radius 3 is 3.00 bits per heavy atom. The molecule has 2 aromatic rings. The monoisotopic (exact) mass is 194 g/mol. The third-order valence-electron chi connectivity index (χ3n) is 1.98. The minimum Gasteiger partial charge on any atom is -0.459 e. The summed E-state index contributed by atoms with van der Waals surface area (Å²) in [7, 11) is 0. The Bertz CT molecular complexity index is 434. The van der Waals surface area contributed by atoms with Crippen LogP contribution >= 0.6 is 0 Å². The molecule has 0 radical (unpaired) electrons. The lowest BCUT2D eigenvalue weighted by Crippen LogP contribution is -1.88. The van der Waals surface area contributed by atoms with Gasteiger partial charge in [-0.1, -0.05) is 0 Å². The van der Waals surface area contributed by atoms with Gasteiger partial charge in [-0.3, -0.25) is 0 Å². The van der Waals surface area contributed by atoms with E-state index in [1.54, 1.807) is 12.1 Å². The van der Waals surface area contributed by atoms with Crippen LogP contribution in [0.3, 0.4) is 0 Å². The van der Waals surface area contributed by atoms with Crippen molar-refractivity contribution in [2.75, 3.05) is 6.61 Å². The normalized spacial score (nSPS) is 11.0. The molecule has 2 rings (SSSR count). The fourth-order valence-corrected chi connectivity index (χ4v) is 1.34. The highest BCUT2D eigenvalue weighted by atomic mass is 19.1. The predicted octanol–water partition coefficient (Wildman–Crippen LogP) is 3.11. The Kier molecular flexibility index (Phi) is 2.50. The van der Waals surface area contributed by atoms with Crippen molar-refractivity contribution in [2.24, 2.45) is 0 Å². The molecule has 0 N–H and O–H groups in total. The molecular formula is C11H11FO2. The van der Waals surface area contributed by atoms with Crippen molar-refractivity contribution in [3.8, 4) is 0 Å². The molecular weight excluding hydrogens is 183 g/mol. The van der Waals surface area contributed by atoms with E-state index in [2.05, 4.69) is 0 Å². The minimum absolute atomic E-state index is 0.249. The quantitative estimate of drug-likeness (QED) is 0.749. The third kappa shape index (κ3) is 1.77. The maximum Gasteiger partial charge on any atom is 0.134 e. The molecule has 0 saturated carbocycles. The van der Waals surface area contributed by atoms with Gasteiger partial charge in [0.05, 0.1) is 0 Å². The molecule has 0 amide bonds. The molecule has 0 aliphatic rings. The van der Waals surface area contributed by atoms with Crippen molar-refractivity contribution < 1.29 is 13.5 Å². The van der Waals surface area contributed by atoms with Gasteiger partial charge >= 0.3 is 0 Å². The van der Waals surface area contributed by atoms with E-state index >= 15 is 0 Å². The Balaban J connectivity index is 2.32. The number of hydrogen-bond acceptors (Lipinski definition) is 2. The Hall–Kier alpha value is -1.35. The Labute approximate surface area is 81.3 Å². The zero-order chi connectivity index (χ0) is 9.97. The maximum absolute atomic E-state index is 12.8. The first-order chi connectivity index (χ1) is 6.79. The standard InChI is InChI=1S/C11H11FO2/c1-2-13-7-10-6-8-5-9(12)3-4-11(8)14-10/h3-6H,2,7H2,1H3. The topological polar surface area (TPSA) is 22.4 Å². The molecule has 0 saturated heterocycles. The van der Waals surface area contributed by atoms with Crippen LogP contribution in [0.15, 0.2) is 28.7 Å². The number of ether oxygens (including phenoxy) is 1. The second-order valence-corrected chi connectivity index (χ2v) is 3.03. The summed E-state index contributed by atoms with van der Waals surface area (Å²) in [6, 6.07) is 6.26. The first-order valence-electron chi connectivity index (χ1n) is 4.55. The summed E-state index contributed by atoms with van der Waals surface area (Å²) >= 11 is 0. The van der Waals surface area contributed by atoms with E-state index in [0.717, 1.165) is 11.1 Å². The van der Waals surface area contributed by atoms with Crippen molar-refractivity contribution in [3.05, 3.63) is 35.8 Å². The zero-order valence-corrected chi connectivity index (χ0v) is 7.92. The van der Waals surface area contributed by atoms with Gasteiger partial charge in [0.1, 0.15) is 23.8 Å². The zero-order valence-electron chi connectivity index (χ0n) is 7.92. The van der Waals surface area contributed by atoms with Gasteiger partial charge in [-0.05, 0) is 31.2 Å². The van der Waals surface area contributed by atoms with Crippen LogP contribution in [0.2, 0.25) is 0 Å². The molecule has 0 aliphatic heterocycles. The fourth-order valence-electron chi connectivity index (χ4n) is 1.34. The first kappa shape index (κ1) is 9.21. The van der Waals surface area contributed by atoms with Crippen molar-refractivity contribution in [3.63, 3.8) is 0 Å². The largest absolute Gasteiger partial charge is 0.459 e. The molecule has 0 aliphatic carbocycles. The van der Waals surface area contributed by atoms with Crippen molar-refractivity contribution in [1.82, 2.24) is 0 Å². The number of furan rings is 1. The van der Waals surface area contributed by atoms with Gasteiger partial charge in [-0.15, -0.1) is 0 Å². The van der Waals surface area contributed by atoms with E-state index in [4.69, 9.17) is 9.15 Å². The summed E-state index contributed by atoms with van der Waals surface area (Å²) in [5, 5.41) is 0.778. The Morgan fingerprint density at radius 2 is 2.21 bits per heavy atom. The molecule has 2 nitrogen and oxygen atoms in total. The molecule has 0 fully saturated rings. The van der Waals surface area contributed by atoms with Crippen LogP contribution < -0.4 is 0 Å². The van der Waals surface area contributed by atoms with Gasteiger partial charge in [0, 0.05) is 12.0 Å². The van der Waals surface area contributed by atoms with E-state index in [9.17, 15) is 4.39 Å². The number of benzene rings is 1. The fraction of sp³-hybridized carbons (Fsp3) is 0.273. The van der Waals surface area contributed by atoms with E-state index in [0.29, 0.717) is 18.8 Å². The van der Waals surface area contributed by atoms with Gasteiger partial charge in [0.25, 0.3) is 0 Å². The van der Waals surface area contributed by atoms with Crippen LogP contribution in [0.1, 0.15) is 12.7 Å². The van der Waals surface area contributed by atoms with Gasteiger partial charge in [-0.2, -0.15) is 0 Å². The maximum atomic E-state index is 12.8. The summed E-state index contributed by atoms with van der Waals surface area (Å²) < 4.78 is 23.5. The molecule has 0 bridgehead atoms. The summed E-state index contributed by atoms with van der Waals surface area (Å²) in [5.41, 5.74) is 0.695. The van der Waals surface area contributed by atoms with Crippen LogP contribution in [0.4, 0.5) is 4.39 Å². The Morgan fingerprint density at radius 1 is 1.36 bits per heavy atom. The van der Waals surface area contributed by atoms with Crippen molar-refractivity contribution in [1.29, 1.82) is 0 Å². The SMILES string of the molecule is CCOCc1cc2cc(F)ccc2o1. The van der Waals surface area contributed by atoms with E-state index < -0.39 is 0 Å². The highest BCUT2D eigenvalue weighted by Gasteiger charge is 2.03. The molecule has 3 heteroatoms. The summed E-state index contributed by atoms with van der Waals surface area (Å²) in [6.45, 7) is 3.00. The number of hydrogen-bond donors (Lipinski definition) is 0. The molecule has 1 aromatic heterocycles. The minimum atomic E-state index is -0.249. The van der Waals surface area contributed by atoms with E-state index in [1.165, 1.54) is 12.1 Å². The van der Waals surface area contributed by atoms with Gasteiger partial charge in [0.15, 0.2) is 0 Å². The molecule has 0 unspecified atom stereocenters. The van der Waals surface area contributed by atoms with E-state index in [-0.39, 0.29) is 5.82 Å². The summed E-state index contributed by atoms with van der Waals surface area (Å²) in [4.78, 5) is 0. The van der Waals surface area contributed by atoms with Crippen LogP contribution in [0, 0.1) is 5.82 Å². The molecule has 1 heterocycles. The van der Waals surface area contributed by atoms with Crippen molar-refractivity contribution >= 4 is 11.0 Å². The highest BCUT2D eigenvalue weighted by molar-refractivity contribution is 5.77. The molecule has 1 aromatic carbocycles. The molecule has 74 valence electrons. The lowest BCUT2D eigenvalue weighted by molar-refractivity contribution is 0.119. The average Bonchev–Trinajstić information content (AvgIpc) is 2.56. The van der Waals surface area contributed by atoms with Crippen molar-refractivity contribution in [2.45, 2.75) is 13.5 Å². The highest BCUT2D eigenvalue weighted by Crippen LogP contribution is 2.20. The first-order valence-corrected chi connectivity index (χ1v) is 4.55. The summed E-state index contributed by atoms with van der Waals surface area (Å²) in [5.74, 6) is 0.480. The second kappa shape index (κ2) is 3.80. The smallest absolute Gasteiger partial charge is 0.134 e. The van der Waals surface area contributed by atoms with Crippen LogP contribution in [-0.4, -0.2) is 6.61 Å². The van der Waals surface area contributed by atoms with Crippen LogP contribution in [0.5, 0.6) is 0 Å². The van der Waals surface area contributed by atoms with Crippen LogP contribution in [0.25, 0.3) is 11.0 Å². The molecule has 0 spiro atoms. The lowest BCUT2D eigenvalue weighted by Gasteiger charge is -1.94.